The Balaban J connectivity index is 1.77. The molecule has 0 saturated heterocycles. The molecule has 0 aliphatic carbocycles. The summed E-state index contributed by atoms with van der Waals surface area (Å²) in [4.78, 5) is 11.4. The number of fused-ring (bicyclic) bond motifs is 3. The lowest BCUT2D eigenvalue weighted by atomic mass is 9.96. The number of pyridine rings is 1. The van der Waals surface area contributed by atoms with Crippen molar-refractivity contribution in [3.63, 3.8) is 0 Å². The van der Waals surface area contributed by atoms with Crippen LogP contribution in [0.15, 0.2) is 54.7 Å². The molecule has 0 spiro atoms. The number of hydrogen-bond donors (Lipinski definition) is 1. The minimum atomic E-state index is -0.387. The van der Waals surface area contributed by atoms with Gasteiger partial charge in [-0.2, -0.15) is 0 Å². The van der Waals surface area contributed by atoms with Gasteiger partial charge in [0.15, 0.2) is 6.61 Å². The summed E-state index contributed by atoms with van der Waals surface area (Å²) in [7, 11) is 1.36. The Morgan fingerprint density at radius 1 is 1.24 bits per heavy atom. The molecule has 0 saturated carbocycles. The number of nitrogens with zero attached hydrogens (tertiary/aromatic N) is 1. The van der Waals surface area contributed by atoms with Crippen LogP contribution in [0.1, 0.15) is 22.9 Å². The van der Waals surface area contributed by atoms with E-state index in [0.717, 1.165) is 18.5 Å². The van der Waals surface area contributed by atoms with E-state index in [-0.39, 0.29) is 18.6 Å². The maximum atomic E-state index is 11.4. The van der Waals surface area contributed by atoms with Crippen molar-refractivity contribution in [2.24, 2.45) is 0 Å². The Morgan fingerprint density at radius 2 is 2.08 bits per heavy atom. The van der Waals surface area contributed by atoms with E-state index in [1.807, 2.05) is 24.4 Å². The van der Waals surface area contributed by atoms with Gasteiger partial charge in [-0.3, -0.25) is 0 Å². The van der Waals surface area contributed by atoms with E-state index in [1.165, 1.54) is 23.9 Å². The number of esters is 1. The van der Waals surface area contributed by atoms with Crippen molar-refractivity contribution < 1.29 is 14.3 Å². The van der Waals surface area contributed by atoms with E-state index in [0.29, 0.717) is 5.75 Å². The fourth-order valence-corrected chi connectivity index (χ4v) is 3.46. The lowest BCUT2D eigenvalue weighted by Gasteiger charge is -2.25. The van der Waals surface area contributed by atoms with Gasteiger partial charge in [-0.1, -0.05) is 30.3 Å². The molecule has 0 radical (unpaired) electrons. The largest absolute Gasteiger partial charge is 0.480 e. The molecule has 1 aliphatic rings. The molecule has 4 rings (SSSR count). The second-order valence-electron chi connectivity index (χ2n) is 6.10. The SMILES string of the molecule is COC(=O)COc1cccn2c3c(cc12)CCNC3c1ccccc1. The number of hydrogen-bond acceptors (Lipinski definition) is 4. The minimum Gasteiger partial charge on any atom is -0.480 e. The Hall–Kier alpha value is -2.79. The highest BCUT2D eigenvalue weighted by Crippen LogP contribution is 2.34. The van der Waals surface area contributed by atoms with Crippen LogP contribution in [0.4, 0.5) is 0 Å². The predicted octanol–water partition coefficient (Wildman–Crippen LogP) is 2.73. The monoisotopic (exact) mass is 336 g/mol. The van der Waals surface area contributed by atoms with E-state index in [1.54, 1.807) is 0 Å². The van der Waals surface area contributed by atoms with Gasteiger partial charge in [-0.15, -0.1) is 0 Å². The first-order valence-corrected chi connectivity index (χ1v) is 8.38. The van der Waals surface area contributed by atoms with E-state index < -0.39 is 0 Å². The molecular weight excluding hydrogens is 316 g/mol. The van der Waals surface area contributed by atoms with Crippen molar-refractivity contribution in [3.05, 3.63) is 71.5 Å². The minimum absolute atomic E-state index is 0.0909. The smallest absolute Gasteiger partial charge is 0.343 e. The third-order valence-electron chi connectivity index (χ3n) is 4.62. The van der Waals surface area contributed by atoms with Gasteiger partial charge in [-0.25, -0.2) is 4.79 Å². The average Bonchev–Trinajstić information content (AvgIpc) is 3.06. The third-order valence-corrected chi connectivity index (χ3v) is 4.62. The van der Waals surface area contributed by atoms with Crippen molar-refractivity contribution >= 4 is 11.5 Å². The van der Waals surface area contributed by atoms with Crippen molar-refractivity contribution in [3.8, 4) is 5.75 Å². The van der Waals surface area contributed by atoms with E-state index in [9.17, 15) is 4.79 Å². The van der Waals surface area contributed by atoms with Gasteiger partial charge in [0.2, 0.25) is 0 Å². The highest BCUT2D eigenvalue weighted by molar-refractivity contribution is 5.72. The van der Waals surface area contributed by atoms with Crippen LogP contribution in [0.2, 0.25) is 0 Å². The van der Waals surface area contributed by atoms with Crippen molar-refractivity contribution in [1.29, 1.82) is 0 Å². The highest BCUT2D eigenvalue weighted by Gasteiger charge is 2.26. The number of ether oxygens (including phenoxy) is 2. The van der Waals surface area contributed by atoms with Crippen LogP contribution in [0.5, 0.6) is 5.75 Å². The molecule has 1 unspecified atom stereocenters. The second kappa shape index (κ2) is 6.61. The van der Waals surface area contributed by atoms with Crippen LogP contribution in [-0.4, -0.2) is 30.6 Å². The number of methoxy groups -OCH3 is 1. The molecule has 25 heavy (non-hydrogen) atoms. The molecular formula is C20H20N2O3. The summed E-state index contributed by atoms with van der Waals surface area (Å²) in [5.41, 5.74) is 4.75. The van der Waals surface area contributed by atoms with Gasteiger partial charge in [0.05, 0.1) is 18.7 Å². The van der Waals surface area contributed by atoms with Crippen LogP contribution in [0.25, 0.3) is 5.52 Å². The predicted molar refractivity (Wildman–Crippen MR) is 94.9 cm³/mol. The zero-order valence-corrected chi connectivity index (χ0v) is 14.1. The average molecular weight is 336 g/mol. The third kappa shape index (κ3) is 2.87. The summed E-state index contributed by atoms with van der Waals surface area (Å²) in [5.74, 6) is 0.302. The summed E-state index contributed by atoms with van der Waals surface area (Å²) in [6, 6.07) is 16.6. The van der Waals surface area contributed by atoms with Gasteiger partial charge < -0.3 is 19.2 Å². The molecule has 5 nitrogen and oxygen atoms in total. The summed E-state index contributed by atoms with van der Waals surface area (Å²) in [6.45, 7) is 0.841. The summed E-state index contributed by atoms with van der Waals surface area (Å²) >= 11 is 0. The van der Waals surface area contributed by atoms with Crippen LogP contribution in [-0.2, 0) is 16.0 Å². The molecule has 1 atom stereocenters. The molecule has 0 amide bonds. The number of carbonyl (C=O) groups excluding carboxylic acids is 1. The van der Waals surface area contributed by atoms with Crippen molar-refractivity contribution in [1.82, 2.24) is 9.72 Å². The molecule has 1 aliphatic heterocycles. The number of nitrogens with one attached hydrogen (secondary N) is 1. The first kappa shape index (κ1) is 15.7. The molecule has 1 N–H and O–H groups in total. The Morgan fingerprint density at radius 3 is 2.88 bits per heavy atom. The van der Waals surface area contributed by atoms with Gasteiger partial charge in [-0.05, 0) is 35.7 Å². The van der Waals surface area contributed by atoms with Crippen molar-refractivity contribution in [2.75, 3.05) is 20.3 Å². The molecule has 2 aromatic heterocycles. The number of carbonyl (C=O) groups is 1. The Kier molecular flexibility index (Phi) is 4.15. The Bertz CT molecular complexity index is 902. The molecule has 1 aromatic carbocycles. The normalized spacial score (nSPS) is 16.4. The van der Waals surface area contributed by atoms with Gasteiger partial charge in [0, 0.05) is 18.4 Å². The summed E-state index contributed by atoms with van der Waals surface area (Å²) < 4.78 is 12.5. The molecule has 128 valence electrons. The number of aromatic nitrogens is 1. The fraction of sp³-hybridized carbons (Fsp3) is 0.250. The number of benzene rings is 1. The zero-order valence-electron chi connectivity index (χ0n) is 14.1. The quantitative estimate of drug-likeness (QED) is 0.745. The Labute approximate surface area is 146 Å². The van der Waals surface area contributed by atoms with Crippen LogP contribution < -0.4 is 10.1 Å². The molecule has 0 bridgehead atoms. The zero-order chi connectivity index (χ0) is 17.2. The van der Waals surface area contributed by atoms with Gasteiger partial charge >= 0.3 is 5.97 Å². The maximum absolute atomic E-state index is 11.4. The highest BCUT2D eigenvalue weighted by atomic mass is 16.6. The maximum Gasteiger partial charge on any atom is 0.343 e. The van der Waals surface area contributed by atoms with Crippen LogP contribution in [0.3, 0.4) is 0 Å². The molecule has 3 aromatic rings. The van der Waals surface area contributed by atoms with E-state index in [4.69, 9.17) is 4.74 Å². The molecule has 3 heterocycles. The van der Waals surface area contributed by atoms with Gasteiger partial charge in [0.1, 0.15) is 5.75 Å². The first-order valence-electron chi connectivity index (χ1n) is 8.38. The first-order chi connectivity index (χ1) is 12.3. The van der Waals surface area contributed by atoms with Gasteiger partial charge in [0.25, 0.3) is 0 Å². The van der Waals surface area contributed by atoms with E-state index in [2.05, 4.69) is 44.8 Å². The topological polar surface area (TPSA) is 52.0 Å². The van der Waals surface area contributed by atoms with Crippen LogP contribution in [0, 0.1) is 0 Å². The lowest BCUT2D eigenvalue weighted by molar-refractivity contribution is -0.142. The lowest BCUT2D eigenvalue weighted by Crippen LogP contribution is -2.31. The summed E-state index contributed by atoms with van der Waals surface area (Å²) in [6.07, 6.45) is 3.01. The second-order valence-corrected chi connectivity index (χ2v) is 6.10. The summed E-state index contributed by atoms with van der Waals surface area (Å²) in [5, 5.41) is 3.61. The number of rotatable bonds is 4. The fourth-order valence-electron chi connectivity index (χ4n) is 3.46. The molecule has 5 heteroatoms. The van der Waals surface area contributed by atoms with E-state index >= 15 is 0 Å². The van der Waals surface area contributed by atoms with Crippen molar-refractivity contribution in [2.45, 2.75) is 12.5 Å². The van der Waals surface area contributed by atoms with Crippen LogP contribution >= 0.6 is 0 Å². The molecule has 0 fully saturated rings. The standard InChI is InChI=1S/C20H20N2O3/c1-24-18(23)13-25-17-8-5-11-22-16(17)12-15-9-10-21-19(20(15)22)14-6-3-2-4-7-14/h2-8,11-12,19,21H,9-10,13H2,1H3.